The number of carbonyl (C=O) groups is 1. The molecule has 24 heavy (non-hydrogen) atoms. The highest BCUT2D eigenvalue weighted by atomic mass is 32.1. The molecule has 0 saturated heterocycles. The van der Waals surface area contributed by atoms with Gasteiger partial charge in [-0.2, -0.15) is 0 Å². The summed E-state index contributed by atoms with van der Waals surface area (Å²) in [6.45, 7) is 1.78. The lowest BCUT2D eigenvalue weighted by Crippen LogP contribution is -2.45. The average molecular weight is 340 g/mol. The van der Waals surface area contributed by atoms with Crippen LogP contribution in [0.25, 0.3) is 11.4 Å². The molecule has 122 valence electrons. The Labute approximate surface area is 145 Å². The predicted octanol–water partition coefficient (Wildman–Crippen LogP) is 2.11. The largest absolute Gasteiger partial charge is 0.466 e. The topological polar surface area (TPSA) is 76.1 Å². The second-order valence-electron chi connectivity index (χ2n) is 5.27. The Bertz CT molecular complexity index is 803. The number of hydrogen-bond acceptors (Lipinski definition) is 5. The molecule has 0 unspecified atom stereocenters. The number of carbonyl (C=O) groups excluding carboxylic acids is 1. The standard InChI is InChI=1S/C17H16N4O2S/c1-10-13(16(22)23-2)14(21-17(24)20-10)12-8-18-15(19-9-12)11-6-4-3-5-7-11/h3-9,14H,1-2H3,(H2,20,21,24)/t14-/m1/s1. The molecule has 0 bridgehead atoms. The maximum absolute atomic E-state index is 12.1. The Balaban J connectivity index is 1.96. The third-order valence-electron chi connectivity index (χ3n) is 3.71. The van der Waals surface area contributed by atoms with E-state index < -0.39 is 12.0 Å². The monoisotopic (exact) mass is 340 g/mol. The summed E-state index contributed by atoms with van der Waals surface area (Å²) in [6, 6.07) is 9.24. The van der Waals surface area contributed by atoms with Crippen molar-refractivity contribution in [1.29, 1.82) is 0 Å². The number of thiocarbonyl (C=S) groups is 1. The summed E-state index contributed by atoms with van der Waals surface area (Å²) in [7, 11) is 1.35. The number of esters is 1. The van der Waals surface area contributed by atoms with Gasteiger partial charge in [-0.25, -0.2) is 14.8 Å². The maximum Gasteiger partial charge on any atom is 0.337 e. The van der Waals surface area contributed by atoms with Crippen molar-refractivity contribution in [1.82, 2.24) is 20.6 Å². The lowest BCUT2D eigenvalue weighted by atomic mass is 9.98. The van der Waals surface area contributed by atoms with Crippen LogP contribution in [0.2, 0.25) is 0 Å². The molecule has 0 fully saturated rings. The van der Waals surface area contributed by atoms with Gasteiger partial charge in [0.05, 0.1) is 18.7 Å². The molecule has 0 aliphatic carbocycles. The van der Waals surface area contributed by atoms with Gasteiger partial charge in [0.2, 0.25) is 0 Å². The number of benzene rings is 1. The molecular weight excluding hydrogens is 324 g/mol. The van der Waals surface area contributed by atoms with Gasteiger partial charge in [0, 0.05) is 29.2 Å². The first kappa shape index (κ1) is 16.1. The number of aromatic nitrogens is 2. The molecule has 0 spiro atoms. The summed E-state index contributed by atoms with van der Waals surface area (Å²) in [5, 5.41) is 6.45. The van der Waals surface area contributed by atoms with Crippen LogP contribution in [0.4, 0.5) is 0 Å². The highest BCUT2D eigenvalue weighted by molar-refractivity contribution is 7.80. The average Bonchev–Trinajstić information content (AvgIpc) is 2.61. The summed E-state index contributed by atoms with van der Waals surface area (Å²) in [5.41, 5.74) is 2.78. The molecule has 0 saturated carbocycles. The van der Waals surface area contributed by atoms with E-state index in [9.17, 15) is 4.79 Å². The number of rotatable bonds is 3. The molecule has 1 aromatic heterocycles. The van der Waals surface area contributed by atoms with Crippen molar-refractivity contribution in [2.45, 2.75) is 13.0 Å². The zero-order valence-electron chi connectivity index (χ0n) is 13.2. The third kappa shape index (κ3) is 3.11. The highest BCUT2D eigenvalue weighted by Gasteiger charge is 2.31. The van der Waals surface area contributed by atoms with E-state index in [4.69, 9.17) is 17.0 Å². The van der Waals surface area contributed by atoms with Gasteiger partial charge < -0.3 is 15.4 Å². The molecule has 3 rings (SSSR count). The summed E-state index contributed by atoms with van der Waals surface area (Å²) in [6.07, 6.45) is 3.38. The van der Waals surface area contributed by atoms with E-state index in [2.05, 4.69) is 20.6 Å². The molecule has 0 amide bonds. The van der Waals surface area contributed by atoms with Gasteiger partial charge in [-0.15, -0.1) is 0 Å². The van der Waals surface area contributed by atoms with Gasteiger partial charge in [-0.1, -0.05) is 30.3 Å². The predicted molar refractivity (Wildman–Crippen MR) is 93.8 cm³/mol. The van der Waals surface area contributed by atoms with Gasteiger partial charge >= 0.3 is 5.97 Å². The van der Waals surface area contributed by atoms with E-state index in [-0.39, 0.29) is 0 Å². The van der Waals surface area contributed by atoms with E-state index in [0.717, 1.165) is 11.1 Å². The highest BCUT2D eigenvalue weighted by Crippen LogP contribution is 2.27. The van der Waals surface area contributed by atoms with E-state index in [1.165, 1.54) is 7.11 Å². The zero-order valence-corrected chi connectivity index (χ0v) is 14.1. The fraction of sp³-hybridized carbons (Fsp3) is 0.176. The first-order chi connectivity index (χ1) is 11.6. The van der Waals surface area contributed by atoms with Gasteiger partial charge in [0.15, 0.2) is 10.9 Å². The zero-order chi connectivity index (χ0) is 17.1. The van der Waals surface area contributed by atoms with Crippen LogP contribution in [0.3, 0.4) is 0 Å². The third-order valence-corrected chi connectivity index (χ3v) is 3.93. The smallest absolute Gasteiger partial charge is 0.337 e. The number of ether oxygens (including phenoxy) is 1. The van der Waals surface area contributed by atoms with Gasteiger partial charge in [-0.05, 0) is 19.1 Å². The molecule has 2 N–H and O–H groups in total. The summed E-state index contributed by atoms with van der Waals surface area (Å²) in [4.78, 5) is 20.9. The molecule has 2 heterocycles. The van der Waals surface area contributed by atoms with Crippen molar-refractivity contribution in [3.05, 3.63) is 59.6 Å². The van der Waals surface area contributed by atoms with Crippen LogP contribution in [-0.4, -0.2) is 28.2 Å². The fourth-order valence-electron chi connectivity index (χ4n) is 2.55. The number of methoxy groups -OCH3 is 1. The van der Waals surface area contributed by atoms with Crippen LogP contribution < -0.4 is 10.6 Å². The quantitative estimate of drug-likeness (QED) is 0.654. The fourth-order valence-corrected chi connectivity index (χ4v) is 2.82. The maximum atomic E-state index is 12.1. The van der Waals surface area contributed by atoms with Crippen LogP contribution in [0.5, 0.6) is 0 Å². The minimum Gasteiger partial charge on any atom is -0.466 e. The van der Waals surface area contributed by atoms with Gasteiger partial charge in [-0.3, -0.25) is 0 Å². The lowest BCUT2D eigenvalue weighted by Gasteiger charge is -2.29. The molecule has 1 aliphatic rings. The number of hydrogen-bond donors (Lipinski definition) is 2. The van der Waals surface area contributed by atoms with E-state index in [1.807, 2.05) is 30.3 Å². The Kier molecular flexibility index (Phi) is 4.52. The van der Waals surface area contributed by atoms with Gasteiger partial charge in [0.1, 0.15) is 0 Å². The van der Waals surface area contributed by atoms with Crippen molar-refractivity contribution in [2.24, 2.45) is 0 Å². The van der Waals surface area contributed by atoms with Crippen LogP contribution in [0, 0.1) is 0 Å². The lowest BCUT2D eigenvalue weighted by molar-refractivity contribution is -0.136. The van der Waals surface area contributed by atoms with Crippen molar-refractivity contribution in [3.63, 3.8) is 0 Å². The number of nitrogens with zero attached hydrogens (tertiary/aromatic N) is 2. The van der Waals surface area contributed by atoms with Crippen molar-refractivity contribution in [2.75, 3.05) is 7.11 Å². The SMILES string of the molecule is COC(=O)C1=C(C)NC(=S)N[C@@H]1c1cnc(-c2ccccc2)nc1. The van der Waals surface area contributed by atoms with Crippen LogP contribution in [0.15, 0.2) is 54.0 Å². The molecule has 0 radical (unpaired) electrons. The van der Waals surface area contributed by atoms with Crippen molar-refractivity contribution >= 4 is 23.3 Å². The molecular formula is C17H16N4O2S. The van der Waals surface area contributed by atoms with Crippen LogP contribution in [0.1, 0.15) is 18.5 Å². The Morgan fingerprint density at radius 2 is 1.88 bits per heavy atom. The number of nitrogens with one attached hydrogen (secondary N) is 2. The molecule has 6 nitrogen and oxygen atoms in total. The summed E-state index contributed by atoms with van der Waals surface area (Å²) in [5.74, 6) is 0.198. The minimum atomic E-state index is -0.448. The van der Waals surface area contributed by atoms with E-state index in [1.54, 1.807) is 19.3 Å². The first-order valence-electron chi connectivity index (χ1n) is 7.34. The second kappa shape index (κ2) is 6.76. The Hall–Kier alpha value is -2.80. The van der Waals surface area contributed by atoms with Crippen molar-refractivity contribution < 1.29 is 9.53 Å². The Morgan fingerprint density at radius 3 is 2.50 bits per heavy atom. The van der Waals surface area contributed by atoms with Gasteiger partial charge in [0.25, 0.3) is 0 Å². The summed E-state index contributed by atoms with van der Waals surface area (Å²) < 4.78 is 4.88. The second-order valence-corrected chi connectivity index (χ2v) is 5.68. The molecule has 2 aromatic rings. The minimum absolute atomic E-state index is 0.424. The van der Waals surface area contributed by atoms with E-state index in [0.29, 0.717) is 22.2 Å². The number of allylic oxidation sites excluding steroid dienone is 1. The molecule has 1 aliphatic heterocycles. The Morgan fingerprint density at radius 1 is 1.21 bits per heavy atom. The molecule has 1 aromatic carbocycles. The van der Waals surface area contributed by atoms with E-state index >= 15 is 0 Å². The van der Waals surface area contributed by atoms with Crippen LogP contribution >= 0.6 is 12.2 Å². The normalized spacial score (nSPS) is 17.1. The molecule has 1 atom stereocenters. The molecule has 7 heteroatoms. The van der Waals surface area contributed by atoms with Crippen LogP contribution in [-0.2, 0) is 9.53 Å². The first-order valence-corrected chi connectivity index (χ1v) is 7.75. The summed E-state index contributed by atoms with van der Waals surface area (Å²) >= 11 is 5.19. The van der Waals surface area contributed by atoms with Crippen molar-refractivity contribution in [3.8, 4) is 11.4 Å².